The van der Waals surface area contributed by atoms with Crippen molar-refractivity contribution < 1.29 is 13.2 Å². The van der Waals surface area contributed by atoms with E-state index in [0.717, 1.165) is 5.75 Å². The van der Waals surface area contributed by atoms with Crippen molar-refractivity contribution in [3.63, 3.8) is 0 Å². The van der Waals surface area contributed by atoms with Crippen LogP contribution in [0.1, 0.15) is 17.3 Å². The largest absolute Gasteiger partial charge is 0.320 e. The highest BCUT2D eigenvalue weighted by molar-refractivity contribution is 9.10. The summed E-state index contributed by atoms with van der Waals surface area (Å²) in [7, 11) is -3.30. The molecule has 21 heavy (non-hydrogen) atoms. The third-order valence-corrected chi connectivity index (χ3v) is 7.24. The second-order valence-electron chi connectivity index (χ2n) is 4.64. The average molecular weight is 413 g/mol. The Kier molecular flexibility index (Phi) is 5.62. The van der Waals surface area contributed by atoms with Crippen LogP contribution in [0.2, 0.25) is 5.02 Å². The van der Waals surface area contributed by atoms with Gasteiger partial charge in [0, 0.05) is 38.9 Å². The molecule has 1 aliphatic heterocycles. The summed E-state index contributed by atoms with van der Waals surface area (Å²) in [4.78, 5) is 14.1. The minimum atomic E-state index is -3.30. The van der Waals surface area contributed by atoms with Crippen LogP contribution in [0.3, 0.4) is 0 Å². The zero-order valence-corrected chi connectivity index (χ0v) is 15.4. The number of amides is 1. The minimum absolute atomic E-state index is 0.0290. The summed E-state index contributed by atoms with van der Waals surface area (Å²) in [5.41, 5.74) is 0.401. The van der Waals surface area contributed by atoms with E-state index in [0.29, 0.717) is 27.4 Å². The molecule has 1 aromatic rings. The Morgan fingerprint density at radius 1 is 1.48 bits per heavy atom. The Labute approximate surface area is 142 Å². The minimum Gasteiger partial charge on any atom is -0.320 e. The molecule has 1 unspecified atom stereocenters. The molecule has 8 heteroatoms. The zero-order valence-electron chi connectivity index (χ0n) is 11.4. The summed E-state index contributed by atoms with van der Waals surface area (Å²) in [6, 6.07) is 4.91. The van der Waals surface area contributed by atoms with Gasteiger partial charge in [0.2, 0.25) is 0 Å². The fraction of sp³-hybridized carbons (Fsp3) is 0.462. The van der Waals surface area contributed by atoms with Gasteiger partial charge in [0.1, 0.15) is 5.37 Å². The number of sulfone groups is 1. The van der Waals surface area contributed by atoms with Gasteiger partial charge in [0.15, 0.2) is 9.84 Å². The van der Waals surface area contributed by atoms with Crippen LogP contribution in [0.5, 0.6) is 0 Å². The van der Waals surface area contributed by atoms with Gasteiger partial charge < -0.3 is 4.90 Å². The summed E-state index contributed by atoms with van der Waals surface area (Å²) in [6.07, 6.45) is 0. The predicted octanol–water partition coefficient (Wildman–Crippen LogP) is 3.05. The highest BCUT2D eigenvalue weighted by atomic mass is 79.9. The molecule has 0 radical (unpaired) electrons. The Hall–Kier alpha value is -0.240. The monoisotopic (exact) mass is 411 g/mol. The Bertz CT molecular complexity index is 631. The van der Waals surface area contributed by atoms with Crippen molar-refractivity contribution in [1.29, 1.82) is 0 Å². The maximum atomic E-state index is 12.6. The molecular formula is C13H15BrClNO3S2. The average Bonchev–Trinajstić information content (AvgIpc) is 2.45. The van der Waals surface area contributed by atoms with Gasteiger partial charge in [-0.25, -0.2) is 8.42 Å². The molecule has 116 valence electrons. The lowest BCUT2D eigenvalue weighted by Gasteiger charge is -2.34. The van der Waals surface area contributed by atoms with Crippen molar-refractivity contribution in [3.8, 4) is 0 Å². The smallest absolute Gasteiger partial charge is 0.255 e. The number of halogens is 2. The molecule has 0 saturated carbocycles. The lowest BCUT2D eigenvalue weighted by molar-refractivity contribution is 0.0749. The van der Waals surface area contributed by atoms with E-state index < -0.39 is 15.2 Å². The molecule has 2 rings (SSSR count). The van der Waals surface area contributed by atoms with Crippen molar-refractivity contribution in [2.75, 3.05) is 23.8 Å². The van der Waals surface area contributed by atoms with Crippen molar-refractivity contribution in [1.82, 2.24) is 4.90 Å². The first-order valence-electron chi connectivity index (χ1n) is 6.41. The number of hydrogen-bond donors (Lipinski definition) is 0. The highest BCUT2D eigenvalue weighted by Crippen LogP contribution is 2.26. The quantitative estimate of drug-likeness (QED) is 0.765. The summed E-state index contributed by atoms with van der Waals surface area (Å²) < 4.78 is 25.1. The molecule has 4 nitrogen and oxygen atoms in total. The van der Waals surface area contributed by atoms with Crippen LogP contribution < -0.4 is 0 Å². The van der Waals surface area contributed by atoms with Crippen molar-refractivity contribution >= 4 is 55.0 Å². The number of rotatable bonds is 3. The Balaban J connectivity index is 2.35. The number of thioether (sulfide) groups is 1. The third-order valence-electron chi connectivity index (χ3n) is 3.27. The first kappa shape index (κ1) is 17.1. The van der Waals surface area contributed by atoms with Crippen LogP contribution in [0.4, 0.5) is 0 Å². The maximum Gasteiger partial charge on any atom is 0.255 e. The normalized spacial score (nSPS) is 19.6. The predicted molar refractivity (Wildman–Crippen MR) is 90.8 cm³/mol. The molecule has 1 saturated heterocycles. The summed E-state index contributed by atoms with van der Waals surface area (Å²) in [6.45, 7) is 2.03. The topological polar surface area (TPSA) is 54.5 Å². The Morgan fingerprint density at radius 3 is 2.81 bits per heavy atom. The fourth-order valence-electron chi connectivity index (χ4n) is 2.15. The molecule has 0 spiro atoms. The molecule has 0 bridgehead atoms. The van der Waals surface area contributed by atoms with E-state index in [4.69, 9.17) is 11.6 Å². The fourth-order valence-corrected chi connectivity index (χ4v) is 5.97. The molecule has 1 aliphatic rings. The second-order valence-corrected chi connectivity index (χ2v) is 9.59. The van der Waals surface area contributed by atoms with E-state index in [-0.39, 0.29) is 11.7 Å². The van der Waals surface area contributed by atoms with Crippen LogP contribution in [-0.2, 0) is 9.84 Å². The van der Waals surface area contributed by atoms with Gasteiger partial charge >= 0.3 is 0 Å². The van der Waals surface area contributed by atoms with Crippen molar-refractivity contribution in [2.24, 2.45) is 0 Å². The lowest BCUT2D eigenvalue weighted by atomic mass is 10.2. The molecule has 1 fully saturated rings. The molecule has 1 heterocycles. The highest BCUT2D eigenvalue weighted by Gasteiger charge is 2.36. The van der Waals surface area contributed by atoms with Crippen LogP contribution in [0.25, 0.3) is 0 Å². The molecule has 0 aromatic heterocycles. The summed E-state index contributed by atoms with van der Waals surface area (Å²) in [5.74, 6) is 0.897. The van der Waals surface area contributed by atoms with E-state index in [1.54, 1.807) is 36.9 Å². The number of carbonyl (C=O) groups is 1. The molecule has 1 aromatic carbocycles. The van der Waals surface area contributed by atoms with Crippen LogP contribution in [0, 0.1) is 0 Å². The van der Waals surface area contributed by atoms with Crippen molar-refractivity contribution in [3.05, 3.63) is 33.3 Å². The van der Waals surface area contributed by atoms with Crippen molar-refractivity contribution in [2.45, 2.75) is 12.3 Å². The van der Waals surface area contributed by atoms with Gasteiger partial charge in [-0.1, -0.05) is 34.5 Å². The maximum absolute atomic E-state index is 12.6. The van der Waals surface area contributed by atoms with Crippen LogP contribution in [0.15, 0.2) is 22.7 Å². The first-order valence-corrected chi connectivity index (χ1v) is 10.5. The van der Waals surface area contributed by atoms with E-state index in [9.17, 15) is 13.2 Å². The standard InChI is InChI=1S/C13H15BrClNO3S2/c1-2-21(18,19)12-8-20-4-3-16(12)13(17)9-5-10(14)7-11(15)6-9/h5-7,12H,2-4,8H2,1H3. The molecule has 0 N–H and O–H groups in total. The third kappa shape index (κ3) is 3.94. The first-order chi connectivity index (χ1) is 9.85. The van der Waals surface area contributed by atoms with E-state index in [2.05, 4.69) is 15.9 Å². The second kappa shape index (κ2) is 6.89. The molecule has 1 amide bonds. The number of benzene rings is 1. The van der Waals surface area contributed by atoms with Crippen LogP contribution in [-0.4, -0.2) is 48.4 Å². The molecular weight excluding hydrogens is 398 g/mol. The van der Waals surface area contributed by atoms with E-state index >= 15 is 0 Å². The lowest BCUT2D eigenvalue weighted by Crippen LogP contribution is -2.50. The molecule has 0 aliphatic carbocycles. The van der Waals surface area contributed by atoms with E-state index in [1.807, 2.05) is 0 Å². The van der Waals surface area contributed by atoms with Gasteiger partial charge in [-0.15, -0.1) is 0 Å². The summed E-state index contributed by atoms with van der Waals surface area (Å²) >= 11 is 10.8. The Morgan fingerprint density at radius 2 is 2.19 bits per heavy atom. The van der Waals surface area contributed by atoms with Gasteiger partial charge in [-0.3, -0.25) is 4.79 Å². The number of hydrogen-bond acceptors (Lipinski definition) is 4. The summed E-state index contributed by atoms with van der Waals surface area (Å²) in [5, 5.41) is -0.319. The number of nitrogens with zero attached hydrogens (tertiary/aromatic N) is 1. The number of carbonyl (C=O) groups excluding carboxylic acids is 1. The van der Waals surface area contributed by atoms with Gasteiger partial charge in [-0.2, -0.15) is 11.8 Å². The van der Waals surface area contributed by atoms with Gasteiger partial charge in [0.25, 0.3) is 5.91 Å². The SMILES string of the molecule is CCS(=O)(=O)C1CSCCN1C(=O)c1cc(Cl)cc(Br)c1. The zero-order chi connectivity index (χ0) is 15.6. The molecule has 1 atom stereocenters. The van der Waals surface area contributed by atoms with Crippen LogP contribution >= 0.6 is 39.3 Å². The van der Waals surface area contributed by atoms with Gasteiger partial charge in [0.05, 0.1) is 0 Å². The van der Waals surface area contributed by atoms with Gasteiger partial charge in [-0.05, 0) is 18.2 Å². The van der Waals surface area contributed by atoms with E-state index in [1.165, 1.54) is 4.90 Å².